The van der Waals surface area contributed by atoms with E-state index in [-0.39, 0.29) is 5.82 Å². The zero-order valence-corrected chi connectivity index (χ0v) is 13.2. The highest BCUT2D eigenvalue weighted by molar-refractivity contribution is 7.14. The lowest BCUT2D eigenvalue weighted by molar-refractivity contribution is 0.413. The molecule has 23 heavy (non-hydrogen) atoms. The Balaban J connectivity index is 1.72. The van der Waals surface area contributed by atoms with Crippen LogP contribution < -0.4 is 10.2 Å². The lowest BCUT2D eigenvalue weighted by atomic mass is 10.2. The molecule has 0 aliphatic rings. The predicted octanol–water partition coefficient (Wildman–Crippen LogP) is 4.40. The largest absolute Gasteiger partial charge is 0.496 e. The van der Waals surface area contributed by atoms with Crippen molar-refractivity contribution in [3.63, 3.8) is 0 Å². The van der Waals surface area contributed by atoms with Gasteiger partial charge < -0.3 is 4.74 Å². The van der Waals surface area contributed by atoms with E-state index in [4.69, 9.17) is 4.74 Å². The number of hydrazone groups is 1. The van der Waals surface area contributed by atoms with Crippen molar-refractivity contribution in [3.8, 4) is 17.0 Å². The first-order valence-corrected chi connectivity index (χ1v) is 7.78. The van der Waals surface area contributed by atoms with Gasteiger partial charge in [0.2, 0.25) is 5.13 Å². The minimum Gasteiger partial charge on any atom is -0.496 e. The number of aromatic nitrogens is 1. The van der Waals surface area contributed by atoms with Crippen molar-refractivity contribution in [2.75, 3.05) is 12.5 Å². The topological polar surface area (TPSA) is 46.5 Å². The predicted molar refractivity (Wildman–Crippen MR) is 91.7 cm³/mol. The summed E-state index contributed by atoms with van der Waals surface area (Å²) in [6.07, 6.45) is 1.51. The molecular weight excluding hydrogens is 313 g/mol. The Hall–Kier alpha value is -2.73. The molecule has 0 amide bonds. The molecule has 0 saturated carbocycles. The van der Waals surface area contributed by atoms with E-state index >= 15 is 0 Å². The van der Waals surface area contributed by atoms with Crippen LogP contribution in [0.2, 0.25) is 0 Å². The molecule has 1 N–H and O–H groups in total. The third-order valence-corrected chi connectivity index (χ3v) is 3.88. The number of methoxy groups -OCH3 is 1. The first-order chi connectivity index (χ1) is 11.3. The Morgan fingerprint density at radius 1 is 1.22 bits per heavy atom. The van der Waals surface area contributed by atoms with Gasteiger partial charge in [0.1, 0.15) is 11.6 Å². The van der Waals surface area contributed by atoms with Gasteiger partial charge in [0.05, 0.1) is 19.0 Å². The van der Waals surface area contributed by atoms with Gasteiger partial charge in [0, 0.05) is 16.5 Å². The smallest absolute Gasteiger partial charge is 0.203 e. The van der Waals surface area contributed by atoms with E-state index in [1.54, 1.807) is 6.07 Å². The second kappa shape index (κ2) is 7.02. The number of halogens is 1. The Morgan fingerprint density at radius 3 is 2.83 bits per heavy atom. The van der Waals surface area contributed by atoms with Crippen molar-refractivity contribution in [3.05, 3.63) is 65.3 Å². The number of anilines is 1. The zero-order valence-electron chi connectivity index (χ0n) is 12.4. The Bertz CT molecular complexity index is 818. The molecule has 0 aliphatic carbocycles. The Labute approximate surface area is 137 Å². The normalized spacial score (nSPS) is 10.9. The molecule has 116 valence electrons. The number of nitrogens with zero attached hydrogens (tertiary/aromatic N) is 2. The van der Waals surface area contributed by atoms with E-state index in [1.807, 2.05) is 35.7 Å². The molecule has 0 fully saturated rings. The molecule has 0 radical (unpaired) electrons. The third-order valence-electron chi connectivity index (χ3n) is 3.13. The molecule has 0 atom stereocenters. The summed E-state index contributed by atoms with van der Waals surface area (Å²) < 4.78 is 18.4. The quantitative estimate of drug-likeness (QED) is 0.558. The van der Waals surface area contributed by atoms with Gasteiger partial charge in [-0.15, -0.1) is 11.3 Å². The monoisotopic (exact) mass is 327 g/mol. The maximum atomic E-state index is 13.3. The number of rotatable bonds is 5. The highest BCUT2D eigenvalue weighted by Crippen LogP contribution is 2.24. The van der Waals surface area contributed by atoms with Crippen molar-refractivity contribution in [2.45, 2.75) is 0 Å². The Morgan fingerprint density at radius 2 is 2.04 bits per heavy atom. The maximum Gasteiger partial charge on any atom is 0.203 e. The van der Waals surface area contributed by atoms with Gasteiger partial charge in [0.25, 0.3) is 0 Å². The van der Waals surface area contributed by atoms with Crippen LogP contribution in [0, 0.1) is 5.82 Å². The number of hydrogen-bond acceptors (Lipinski definition) is 5. The van der Waals surface area contributed by atoms with Gasteiger partial charge in [-0.2, -0.15) is 5.10 Å². The molecule has 0 aliphatic heterocycles. The third kappa shape index (κ3) is 3.73. The fourth-order valence-electron chi connectivity index (χ4n) is 2.03. The van der Waals surface area contributed by atoms with Crippen molar-refractivity contribution in [1.82, 2.24) is 4.98 Å². The summed E-state index contributed by atoms with van der Waals surface area (Å²) in [4.78, 5) is 4.46. The number of thiazole rings is 1. The second-order valence-corrected chi connectivity index (χ2v) is 5.52. The molecule has 0 unspecified atom stereocenters. The van der Waals surface area contributed by atoms with Crippen LogP contribution in [0.4, 0.5) is 9.52 Å². The number of nitrogens with one attached hydrogen (secondary N) is 1. The minimum absolute atomic E-state index is 0.340. The van der Waals surface area contributed by atoms with E-state index < -0.39 is 0 Å². The van der Waals surface area contributed by atoms with Crippen molar-refractivity contribution in [1.29, 1.82) is 0 Å². The highest BCUT2D eigenvalue weighted by Gasteiger charge is 2.04. The standard InChI is InChI=1S/C17H14FN3OS/c1-22-16-8-7-14(18)9-13(16)10-19-21-17-20-15(11-23-17)12-5-3-2-4-6-12/h2-11H,1H3,(H,20,21). The summed E-state index contributed by atoms with van der Waals surface area (Å²) in [7, 11) is 1.53. The number of ether oxygens (including phenoxy) is 1. The van der Waals surface area contributed by atoms with Crippen LogP contribution >= 0.6 is 11.3 Å². The SMILES string of the molecule is COc1ccc(F)cc1C=NNc1nc(-c2ccccc2)cs1. The van der Waals surface area contributed by atoms with E-state index in [2.05, 4.69) is 15.5 Å². The maximum absolute atomic E-state index is 13.3. The van der Waals surface area contributed by atoms with Crippen LogP contribution in [-0.2, 0) is 0 Å². The molecule has 1 aromatic heterocycles. The van der Waals surface area contributed by atoms with Gasteiger partial charge >= 0.3 is 0 Å². The second-order valence-electron chi connectivity index (χ2n) is 4.66. The summed E-state index contributed by atoms with van der Waals surface area (Å²) in [5.41, 5.74) is 5.34. The molecule has 6 heteroatoms. The highest BCUT2D eigenvalue weighted by atomic mass is 32.1. The average Bonchev–Trinajstić information content (AvgIpc) is 3.05. The molecule has 0 bridgehead atoms. The van der Waals surface area contributed by atoms with Crippen LogP contribution in [0.3, 0.4) is 0 Å². The molecule has 0 saturated heterocycles. The van der Waals surface area contributed by atoms with Gasteiger partial charge in [-0.1, -0.05) is 30.3 Å². The van der Waals surface area contributed by atoms with Crippen LogP contribution in [-0.4, -0.2) is 18.3 Å². The molecule has 3 aromatic rings. The van der Waals surface area contributed by atoms with Crippen molar-refractivity contribution in [2.24, 2.45) is 5.10 Å². The molecule has 1 heterocycles. The summed E-state index contributed by atoms with van der Waals surface area (Å²) in [6, 6.07) is 14.2. The lowest BCUT2D eigenvalue weighted by Gasteiger charge is -2.03. The first kappa shape index (κ1) is 15.2. The van der Waals surface area contributed by atoms with Gasteiger partial charge in [0.15, 0.2) is 0 Å². The van der Waals surface area contributed by atoms with E-state index in [9.17, 15) is 4.39 Å². The van der Waals surface area contributed by atoms with Crippen LogP contribution in [0.25, 0.3) is 11.3 Å². The van der Waals surface area contributed by atoms with Crippen LogP contribution in [0.15, 0.2) is 59.0 Å². The minimum atomic E-state index is -0.340. The fourth-order valence-corrected chi connectivity index (χ4v) is 2.70. The molecular formula is C17H14FN3OS. The first-order valence-electron chi connectivity index (χ1n) is 6.90. The molecule has 4 nitrogen and oxygen atoms in total. The summed E-state index contributed by atoms with van der Waals surface area (Å²) in [5, 5.41) is 6.71. The number of benzene rings is 2. The lowest BCUT2D eigenvalue weighted by Crippen LogP contribution is -1.94. The average molecular weight is 327 g/mol. The van der Waals surface area contributed by atoms with Gasteiger partial charge in [-0.05, 0) is 18.2 Å². The molecule has 2 aromatic carbocycles. The van der Waals surface area contributed by atoms with E-state index in [1.165, 1.54) is 36.8 Å². The summed E-state index contributed by atoms with van der Waals surface area (Å²) in [6.45, 7) is 0. The van der Waals surface area contributed by atoms with Crippen LogP contribution in [0.5, 0.6) is 5.75 Å². The summed E-state index contributed by atoms with van der Waals surface area (Å²) in [5.74, 6) is 0.217. The molecule has 0 spiro atoms. The van der Waals surface area contributed by atoms with E-state index in [0.717, 1.165) is 11.3 Å². The number of hydrogen-bond donors (Lipinski definition) is 1. The van der Waals surface area contributed by atoms with Gasteiger partial charge in [-0.3, -0.25) is 5.43 Å². The summed E-state index contributed by atoms with van der Waals surface area (Å²) >= 11 is 1.45. The fraction of sp³-hybridized carbons (Fsp3) is 0.0588. The van der Waals surface area contributed by atoms with Gasteiger partial charge in [-0.25, -0.2) is 9.37 Å². The molecule has 3 rings (SSSR count). The van der Waals surface area contributed by atoms with Crippen LogP contribution in [0.1, 0.15) is 5.56 Å². The van der Waals surface area contributed by atoms with E-state index in [0.29, 0.717) is 16.4 Å². The van der Waals surface area contributed by atoms with Crippen molar-refractivity contribution >= 4 is 22.7 Å². The Kier molecular flexibility index (Phi) is 4.63. The zero-order chi connectivity index (χ0) is 16.1. The van der Waals surface area contributed by atoms with Crippen molar-refractivity contribution < 1.29 is 9.13 Å².